The molecular formula is C6H11N3O3S. The van der Waals surface area contributed by atoms with E-state index in [4.69, 9.17) is 9.88 Å². The summed E-state index contributed by atoms with van der Waals surface area (Å²) in [5.41, 5.74) is 0.377. The Bertz CT molecular complexity index is 395. The van der Waals surface area contributed by atoms with E-state index in [0.717, 1.165) is 0 Å². The lowest BCUT2D eigenvalue weighted by Gasteiger charge is -1.95. The second-order valence-corrected chi connectivity index (χ2v) is 4.22. The fraction of sp³-hybridized carbons (Fsp3) is 0.500. The van der Waals surface area contributed by atoms with Crippen molar-refractivity contribution < 1.29 is 13.2 Å². The quantitative estimate of drug-likeness (QED) is 0.701. The fourth-order valence-corrected chi connectivity index (χ4v) is 1.53. The Morgan fingerprint density at radius 2 is 2.31 bits per heavy atom. The fourth-order valence-electron chi connectivity index (χ4n) is 0.974. The van der Waals surface area contributed by atoms with Crippen LogP contribution in [0.2, 0.25) is 0 Å². The van der Waals surface area contributed by atoms with Gasteiger partial charge in [0.2, 0.25) is 15.9 Å². The number of primary sulfonamides is 1. The van der Waals surface area contributed by atoms with Gasteiger partial charge in [0.15, 0.2) is 0 Å². The maximum Gasteiger partial charge on any atom is 0.214 e. The van der Waals surface area contributed by atoms with E-state index in [9.17, 15) is 8.42 Å². The SMILES string of the molecule is COc1cc(CS(N)(=O)=O)nn1C. The Morgan fingerprint density at radius 3 is 2.69 bits per heavy atom. The highest BCUT2D eigenvalue weighted by molar-refractivity contribution is 7.88. The molecule has 1 aromatic rings. The first-order chi connectivity index (χ1) is 5.92. The van der Waals surface area contributed by atoms with Gasteiger partial charge in [-0.3, -0.25) is 0 Å². The van der Waals surface area contributed by atoms with Crippen molar-refractivity contribution in [1.82, 2.24) is 9.78 Å². The van der Waals surface area contributed by atoms with E-state index in [0.29, 0.717) is 11.6 Å². The summed E-state index contributed by atoms with van der Waals surface area (Å²) in [6, 6.07) is 1.53. The molecule has 0 saturated heterocycles. The molecule has 0 amide bonds. The summed E-state index contributed by atoms with van der Waals surface area (Å²) in [5, 5.41) is 8.75. The van der Waals surface area contributed by atoms with E-state index in [1.807, 2.05) is 0 Å². The number of methoxy groups -OCH3 is 1. The molecule has 0 saturated carbocycles. The van der Waals surface area contributed by atoms with Crippen LogP contribution in [0.15, 0.2) is 6.07 Å². The molecular weight excluding hydrogens is 194 g/mol. The topological polar surface area (TPSA) is 87.2 Å². The van der Waals surface area contributed by atoms with Crippen LogP contribution in [-0.4, -0.2) is 25.3 Å². The van der Waals surface area contributed by atoms with Gasteiger partial charge in [-0.25, -0.2) is 18.2 Å². The Kier molecular flexibility index (Phi) is 2.58. The Labute approximate surface area is 76.3 Å². The number of ether oxygens (including phenoxy) is 1. The molecule has 0 aromatic carbocycles. The minimum absolute atomic E-state index is 0.274. The van der Waals surface area contributed by atoms with E-state index in [1.54, 1.807) is 7.05 Å². The summed E-state index contributed by atoms with van der Waals surface area (Å²) in [4.78, 5) is 0. The van der Waals surface area contributed by atoms with E-state index >= 15 is 0 Å². The summed E-state index contributed by atoms with van der Waals surface area (Å²) in [6.07, 6.45) is 0. The maximum atomic E-state index is 10.7. The van der Waals surface area contributed by atoms with Crippen molar-refractivity contribution in [2.24, 2.45) is 12.2 Å². The average molecular weight is 205 g/mol. The monoisotopic (exact) mass is 205 g/mol. The molecule has 2 N–H and O–H groups in total. The van der Waals surface area contributed by atoms with Crippen molar-refractivity contribution in [2.45, 2.75) is 5.75 Å². The molecule has 0 atom stereocenters. The van der Waals surface area contributed by atoms with Crippen LogP contribution in [0, 0.1) is 0 Å². The second-order valence-electron chi connectivity index (χ2n) is 2.61. The first-order valence-corrected chi connectivity index (χ1v) is 5.21. The van der Waals surface area contributed by atoms with Crippen molar-refractivity contribution in [3.8, 4) is 5.88 Å². The van der Waals surface area contributed by atoms with Crippen LogP contribution in [0.5, 0.6) is 5.88 Å². The van der Waals surface area contributed by atoms with Crippen molar-refractivity contribution >= 4 is 10.0 Å². The van der Waals surface area contributed by atoms with Gasteiger partial charge in [-0.2, -0.15) is 5.10 Å². The molecule has 0 bridgehead atoms. The van der Waals surface area contributed by atoms with Gasteiger partial charge >= 0.3 is 0 Å². The molecule has 0 fully saturated rings. The number of nitrogens with zero attached hydrogens (tertiary/aromatic N) is 2. The van der Waals surface area contributed by atoms with Gasteiger partial charge in [0.05, 0.1) is 12.8 Å². The van der Waals surface area contributed by atoms with Crippen molar-refractivity contribution in [3.63, 3.8) is 0 Å². The van der Waals surface area contributed by atoms with Crippen LogP contribution in [0.4, 0.5) is 0 Å². The lowest BCUT2D eigenvalue weighted by atomic mass is 10.5. The van der Waals surface area contributed by atoms with Crippen LogP contribution >= 0.6 is 0 Å². The number of hydrogen-bond acceptors (Lipinski definition) is 4. The third-order valence-electron chi connectivity index (χ3n) is 1.45. The lowest BCUT2D eigenvalue weighted by Crippen LogP contribution is -2.14. The number of sulfonamides is 1. The number of aromatic nitrogens is 2. The summed E-state index contributed by atoms with van der Waals surface area (Å²) in [6.45, 7) is 0. The van der Waals surface area contributed by atoms with Crippen LogP contribution in [0.1, 0.15) is 5.69 Å². The molecule has 7 heteroatoms. The lowest BCUT2D eigenvalue weighted by molar-refractivity contribution is 0.373. The molecule has 1 heterocycles. The average Bonchev–Trinajstić information content (AvgIpc) is 2.26. The summed E-state index contributed by atoms with van der Waals surface area (Å²) in [5.74, 6) is 0.225. The standard InChI is InChI=1S/C6H11N3O3S/c1-9-6(12-2)3-5(8-9)4-13(7,10)11/h3H,4H2,1-2H3,(H2,7,10,11). The predicted molar refractivity (Wildman–Crippen MR) is 46.6 cm³/mol. The Morgan fingerprint density at radius 1 is 1.69 bits per heavy atom. The van der Waals surface area contributed by atoms with E-state index in [1.165, 1.54) is 17.9 Å². The van der Waals surface area contributed by atoms with Crippen LogP contribution in [0.3, 0.4) is 0 Å². The number of aryl methyl sites for hydroxylation is 1. The number of nitrogens with two attached hydrogens (primary N) is 1. The Balaban J connectivity index is 2.92. The maximum absolute atomic E-state index is 10.7. The zero-order valence-electron chi connectivity index (χ0n) is 7.39. The minimum Gasteiger partial charge on any atom is -0.481 e. The molecule has 0 aliphatic rings. The van der Waals surface area contributed by atoms with Gasteiger partial charge in [0.25, 0.3) is 0 Å². The van der Waals surface area contributed by atoms with Gasteiger partial charge in [-0.15, -0.1) is 0 Å². The molecule has 1 aromatic heterocycles. The number of rotatable bonds is 3. The van der Waals surface area contributed by atoms with Crippen LogP contribution in [-0.2, 0) is 22.8 Å². The predicted octanol–water partition coefficient (Wildman–Crippen LogP) is -0.783. The van der Waals surface area contributed by atoms with E-state index < -0.39 is 10.0 Å². The van der Waals surface area contributed by atoms with Gasteiger partial charge in [-0.05, 0) is 0 Å². The molecule has 1 rings (SSSR count). The molecule has 6 nitrogen and oxygen atoms in total. The molecule has 0 spiro atoms. The first kappa shape index (κ1) is 10.0. The van der Waals surface area contributed by atoms with Crippen molar-refractivity contribution in [1.29, 1.82) is 0 Å². The summed E-state index contributed by atoms with van der Waals surface area (Å²) in [7, 11) is -0.378. The molecule has 13 heavy (non-hydrogen) atoms. The summed E-state index contributed by atoms with van der Waals surface area (Å²) < 4.78 is 27.7. The molecule has 0 unspecified atom stereocenters. The highest BCUT2D eigenvalue weighted by Gasteiger charge is 2.10. The van der Waals surface area contributed by atoms with Gasteiger partial charge in [-0.1, -0.05) is 0 Å². The molecule has 0 aliphatic carbocycles. The molecule has 0 radical (unpaired) electrons. The second kappa shape index (κ2) is 3.35. The smallest absolute Gasteiger partial charge is 0.214 e. The third-order valence-corrected chi connectivity index (χ3v) is 2.14. The van der Waals surface area contributed by atoms with E-state index in [-0.39, 0.29) is 5.75 Å². The zero-order chi connectivity index (χ0) is 10.1. The summed E-state index contributed by atoms with van der Waals surface area (Å²) >= 11 is 0. The van der Waals surface area contributed by atoms with E-state index in [2.05, 4.69) is 5.10 Å². The molecule has 74 valence electrons. The van der Waals surface area contributed by atoms with Gasteiger partial charge in [0.1, 0.15) is 5.75 Å². The Hall–Kier alpha value is -1.08. The normalized spacial score (nSPS) is 11.6. The van der Waals surface area contributed by atoms with Crippen molar-refractivity contribution in [2.75, 3.05) is 7.11 Å². The minimum atomic E-state index is -3.52. The van der Waals surface area contributed by atoms with Crippen LogP contribution in [0.25, 0.3) is 0 Å². The van der Waals surface area contributed by atoms with Gasteiger partial charge in [0, 0.05) is 13.1 Å². The zero-order valence-corrected chi connectivity index (χ0v) is 8.21. The van der Waals surface area contributed by atoms with Crippen LogP contribution < -0.4 is 9.88 Å². The first-order valence-electron chi connectivity index (χ1n) is 3.50. The highest BCUT2D eigenvalue weighted by atomic mass is 32.2. The highest BCUT2D eigenvalue weighted by Crippen LogP contribution is 2.12. The molecule has 0 aliphatic heterocycles. The largest absolute Gasteiger partial charge is 0.481 e. The third kappa shape index (κ3) is 2.71. The van der Waals surface area contributed by atoms with Gasteiger partial charge < -0.3 is 4.74 Å². The number of hydrogen-bond donors (Lipinski definition) is 1. The van der Waals surface area contributed by atoms with Crippen molar-refractivity contribution in [3.05, 3.63) is 11.8 Å².